The van der Waals surface area contributed by atoms with Gasteiger partial charge in [0.1, 0.15) is 0 Å². The number of hydrogen-bond acceptors (Lipinski definition) is 0. The molecule has 0 atom stereocenters. The van der Waals surface area contributed by atoms with Crippen LogP contribution in [-0.2, 0) is 54.0 Å². The third kappa shape index (κ3) is 24.3. The van der Waals surface area contributed by atoms with Crippen LogP contribution >= 0.6 is 0 Å². The van der Waals surface area contributed by atoms with E-state index >= 15 is 0 Å². The third-order valence-corrected chi connectivity index (χ3v) is 0. The van der Waals surface area contributed by atoms with E-state index in [1.165, 1.54) is 0 Å². The minimum atomic E-state index is 0. The van der Waals surface area contributed by atoms with Crippen molar-refractivity contribution in [3.63, 3.8) is 0 Å². The fraction of sp³-hybridized carbons (Fsp3) is 0. The van der Waals surface area contributed by atoms with E-state index in [-0.39, 0.29) is 71.9 Å². The Bertz CT molecular complexity index is 3.61. The first-order valence-corrected chi connectivity index (χ1v) is 0. The molecule has 3 radical (unpaired) electrons. The summed E-state index contributed by atoms with van der Waals surface area (Å²) in [5.74, 6) is 0. The van der Waals surface area contributed by atoms with Gasteiger partial charge < -0.3 is 54.0 Å². The summed E-state index contributed by atoms with van der Waals surface area (Å²) < 4.78 is 0. The molecule has 0 N–H and O–H groups in total. The van der Waals surface area contributed by atoms with E-state index < -0.39 is 0 Å². The van der Waals surface area contributed by atoms with E-state index in [1.807, 2.05) is 0 Å². The minimum Gasteiger partial charge on any atom is -2.00 e. The van der Waals surface area contributed by atoms with Crippen molar-refractivity contribution in [2.45, 2.75) is 0 Å². The fourth-order valence-corrected chi connectivity index (χ4v) is 0. The van der Waals surface area contributed by atoms with Crippen molar-refractivity contribution < 1.29 is 0 Å². The molecule has 0 heterocycles. The van der Waals surface area contributed by atoms with Crippen LogP contribution in [0.1, 0.15) is 0 Å². The van der Waals surface area contributed by atoms with Crippen LogP contribution in [0.5, 0.6) is 0 Å². The van der Waals surface area contributed by atoms with E-state index in [9.17, 15) is 0 Å². The largest absolute Gasteiger partial charge is 2.00 e. The zero-order chi connectivity index (χ0) is 0. The molecule has 37 valence electrons. The van der Waals surface area contributed by atoms with Gasteiger partial charge in [-0.3, -0.25) is 0 Å². The molecular formula is AsS4-8. The average Bonchev–Trinajstić information content (AvgIpc) is 0. The predicted molar refractivity (Wildman–Crippen MR) is 35.2 cm³/mol. The summed E-state index contributed by atoms with van der Waals surface area (Å²) in [6.45, 7) is 0. The Morgan fingerprint density at radius 1 is 0.400 bits per heavy atom. The Labute approximate surface area is 71.6 Å². The summed E-state index contributed by atoms with van der Waals surface area (Å²) in [7, 11) is 0. The average molecular weight is 203 g/mol. The second kappa shape index (κ2) is 38.2. The van der Waals surface area contributed by atoms with E-state index in [2.05, 4.69) is 0 Å². The molecule has 0 rings (SSSR count). The van der Waals surface area contributed by atoms with E-state index in [4.69, 9.17) is 0 Å². The minimum absolute atomic E-state index is 0. The van der Waals surface area contributed by atoms with Crippen LogP contribution in [-0.4, -0.2) is 18.0 Å². The van der Waals surface area contributed by atoms with Crippen molar-refractivity contribution in [2.24, 2.45) is 0 Å². The molecule has 0 saturated carbocycles. The topological polar surface area (TPSA) is 0 Å². The van der Waals surface area contributed by atoms with Gasteiger partial charge in [-0.05, 0) is 0 Å². The summed E-state index contributed by atoms with van der Waals surface area (Å²) in [5, 5.41) is 0. The van der Waals surface area contributed by atoms with Gasteiger partial charge in [-0.1, -0.05) is 0 Å². The fourth-order valence-electron chi connectivity index (χ4n) is 0. The number of rotatable bonds is 0. The standard InChI is InChI=1S/As.4S/q;4*-2. The molecule has 5 heteroatoms. The zero-order valence-electron chi connectivity index (χ0n) is 2.08. The Morgan fingerprint density at radius 2 is 0.400 bits per heavy atom. The van der Waals surface area contributed by atoms with Crippen molar-refractivity contribution in [2.75, 3.05) is 0 Å². The summed E-state index contributed by atoms with van der Waals surface area (Å²) >= 11 is 0. The smallest absolute Gasteiger partial charge is 0 e. The van der Waals surface area contributed by atoms with Gasteiger partial charge in [0.25, 0.3) is 0 Å². The van der Waals surface area contributed by atoms with Gasteiger partial charge in [-0.15, -0.1) is 0 Å². The molecule has 0 aromatic carbocycles. The Morgan fingerprint density at radius 3 is 0.400 bits per heavy atom. The third-order valence-electron chi connectivity index (χ3n) is 0. The van der Waals surface area contributed by atoms with Crippen LogP contribution in [0.15, 0.2) is 0 Å². The Kier molecular flexibility index (Phi) is 492. The van der Waals surface area contributed by atoms with Crippen molar-refractivity contribution in [3.8, 4) is 0 Å². The van der Waals surface area contributed by atoms with Gasteiger partial charge in [-0.25, -0.2) is 0 Å². The normalized spacial score (nSPS) is 0. The molecule has 0 spiro atoms. The molecule has 0 aliphatic rings. The van der Waals surface area contributed by atoms with Crippen molar-refractivity contribution in [1.29, 1.82) is 0 Å². The van der Waals surface area contributed by atoms with Gasteiger partial charge in [0.05, 0.1) is 0 Å². The molecule has 0 fully saturated rings. The summed E-state index contributed by atoms with van der Waals surface area (Å²) in [5.41, 5.74) is 0. The van der Waals surface area contributed by atoms with E-state index in [0.717, 1.165) is 0 Å². The van der Waals surface area contributed by atoms with Crippen LogP contribution in [0.4, 0.5) is 0 Å². The van der Waals surface area contributed by atoms with Crippen LogP contribution in [0.25, 0.3) is 0 Å². The van der Waals surface area contributed by atoms with Crippen molar-refractivity contribution in [1.82, 2.24) is 0 Å². The monoisotopic (exact) mass is 203 g/mol. The predicted octanol–water partition coefficient (Wildman–Crippen LogP) is -0.390. The molecule has 0 aromatic rings. The van der Waals surface area contributed by atoms with Crippen LogP contribution in [0.2, 0.25) is 0 Å². The SMILES string of the molecule is [As].[S-2].[S-2].[S-2].[S-2]. The van der Waals surface area contributed by atoms with Crippen LogP contribution < -0.4 is 0 Å². The Balaban J connectivity index is 0. The van der Waals surface area contributed by atoms with Gasteiger partial charge in [0.15, 0.2) is 0 Å². The second-order valence-corrected chi connectivity index (χ2v) is 0. The summed E-state index contributed by atoms with van der Waals surface area (Å²) in [6, 6.07) is 0. The van der Waals surface area contributed by atoms with Gasteiger partial charge in [0, 0.05) is 18.0 Å². The molecule has 0 saturated heterocycles. The molecule has 0 unspecified atom stereocenters. The van der Waals surface area contributed by atoms with Gasteiger partial charge in [-0.2, -0.15) is 0 Å². The first-order chi connectivity index (χ1) is 0. The van der Waals surface area contributed by atoms with Crippen molar-refractivity contribution in [3.05, 3.63) is 0 Å². The molecular weight excluding hydrogens is 203 g/mol. The van der Waals surface area contributed by atoms with Crippen LogP contribution in [0, 0.1) is 0 Å². The maximum Gasteiger partial charge on any atom is 0 e. The molecule has 0 aliphatic heterocycles. The van der Waals surface area contributed by atoms with Crippen LogP contribution in [0.3, 0.4) is 0 Å². The van der Waals surface area contributed by atoms with E-state index in [0.29, 0.717) is 0 Å². The first kappa shape index (κ1) is 64.4. The second-order valence-electron chi connectivity index (χ2n) is 0. The van der Waals surface area contributed by atoms with Crippen molar-refractivity contribution >= 4 is 71.9 Å². The molecule has 5 heavy (non-hydrogen) atoms. The molecule has 0 amide bonds. The maximum atomic E-state index is 0. The maximum absolute atomic E-state index is 0. The molecule has 0 nitrogen and oxygen atoms in total. The molecule has 0 aromatic heterocycles. The number of hydrogen-bond donors (Lipinski definition) is 0. The summed E-state index contributed by atoms with van der Waals surface area (Å²) in [4.78, 5) is 0. The zero-order valence-corrected chi connectivity index (χ0v) is 7.22. The Hall–Kier alpha value is 1.96. The van der Waals surface area contributed by atoms with E-state index in [1.54, 1.807) is 0 Å². The first-order valence-electron chi connectivity index (χ1n) is 0. The molecule has 0 aliphatic carbocycles. The molecule has 0 bridgehead atoms. The van der Waals surface area contributed by atoms with Gasteiger partial charge in [0.2, 0.25) is 0 Å². The van der Waals surface area contributed by atoms with Gasteiger partial charge >= 0.3 is 0 Å². The quantitative estimate of drug-likeness (QED) is 0.470. The summed E-state index contributed by atoms with van der Waals surface area (Å²) in [6.07, 6.45) is 0.